The maximum absolute atomic E-state index is 12.3. The Morgan fingerprint density at radius 3 is 2.45 bits per heavy atom. The Hall–Kier alpha value is -2.88. The molecule has 4 heteroatoms. The lowest BCUT2D eigenvalue weighted by Crippen LogP contribution is -2.07. The lowest BCUT2D eigenvalue weighted by molar-refractivity contribution is -0.142. The molecule has 0 bridgehead atoms. The molecule has 0 spiro atoms. The third-order valence-corrected chi connectivity index (χ3v) is 3.23. The summed E-state index contributed by atoms with van der Waals surface area (Å²) in [7, 11) is 0. The minimum absolute atomic E-state index is 0.146. The second-order valence-corrected chi connectivity index (χ2v) is 4.75. The molecule has 2 rings (SSSR count). The Labute approximate surface area is 128 Å². The summed E-state index contributed by atoms with van der Waals surface area (Å²) in [5, 5.41) is 10.1. The zero-order chi connectivity index (χ0) is 16.1. The molecule has 0 heterocycles. The van der Waals surface area contributed by atoms with E-state index >= 15 is 0 Å². The third kappa shape index (κ3) is 3.41. The summed E-state index contributed by atoms with van der Waals surface area (Å²) in [5.74, 6) is -0.954. The van der Waals surface area contributed by atoms with E-state index in [2.05, 4.69) is 6.58 Å². The van der Waals surface area contributed by atoms with Gasteiger partial charge in [-0.05, 0) is 24.6 Å². The molecule has 0 radical (unpaired) electrons. The van der Waals surface area contributed by atoms with E-state index in [9.17, 15) is 14.7 Å². The number of carbonyl (C=O) groups is 2. The number of aromatic hydroxyl groups is 1. The molecule has 112 valence electrons. The molecule has 1 atom stereocenters. The lowest BCUT2D eigenvalue weighted by atomic mass is 9.99. The van der Waals surface area contributed by atoms with E-state index in [1.54, 1.807) is 37.3 Å². The lowest BCUT2D eigenvalue weighted by Gasteiger charge is -2.13. The smallest absolute Gasteiger partial charge is 0.330 e. The van der Waals surface area contributed by atoms with Gasteiger partial charge in [0.05, 0.1) is 5.56 Å². The maximum Gasteiger partial charge on any atom is 0.330 e. The number of esters is 1. The van der Waals surface area contributed by atoms with E-state index in [1.165, 1.54) is 12.1 Å². The van der Waals surface area contributed by atoms with Crippen molar-refractivity contribution in [2.75, 3.05) is 0 Å². The third-order valence-electron chi connectivity index (χ3n) is 3.23. The monoisotopic (exact) mass is 296 g/mol. The van der Waals surface area contributed by atoms with Crippen molar-refractivity contribution >= 4 is 11.8 Å². The van der Waals surface area contributed by atoms with Crippen molar-refractivity contribution in [1.29, 1.82) is 0 Å². The average Bonchev–Trinajstić information content (AvgIpc) is 2.54. The van der Waals surface area contributed by atoms with Crippen LogP contribution in [0.25, 0.3) is 0 Å². The number of phenolic OH excluding ortho intramolecular Hbond substituents is 1. The summed E-state index contributed by atoms with van der Waals surface area (Å²) in [4.78, 5) is 23.5. The van der Waals surface area contributed by atoms with Crippen molar-refractivity contribution < 1.29 is 19.4 Å². The van der Waals surface area contributed by atoms with Crippen molar-refractivity contribution in [3.8, 4) is 5.75 Å². The first-order valence-electron chi connectivity index (χ1n) is 6.78. The van der Waals surface area contributed by atoms with Gasteiger partial charge in [0.1, 0.15) is 11.9 Å². The van der Waals surface area contributed by atoms with E-state index < -0.39 is 12.1 Å². The molecular formula is C18H16O4. The van der Waals surface area contributed by atoms with E-state index in [4.69, 9.17) is 4.74 Å². The molecular weight excluding hydrogens is 280 g/mol. The number of rotatable bonds is 5. The number of phenols is 1. The normalized spacial score (nSPS) is 11.5. The molecule has 2 aromatic rings. The molecule has 0 saturated heterocycles. The fourth-order valence-electron chi connectivity index (χ4n) is 2.03. The van der Waals surface area contributed by atoms with Crippen molar-refractivity contribution in [3.63, 3.8) is 0 Å². The second-order valence-electron chi connectivity index (χ2n) is 4.75. The Bertz CT molecular complexity index is 704. The van der Waals surface area contributed by atoms with Crippen LogP contribution in [0.3, 0.4) is 0 Å². The van der Waals surface area contributed by atoms with Gasteiger partial charge >= 0.3 is 5.97 Å². The van der Waals surface area contributed by atoms with Crippen LogP contribution >= 0.6 is 0 Å². The van der Waals surface area contributed by atoms with E-state index in [-0.39, 0.29) is 17.1 Å². The number of benzene rings is 2. The molecule has 4 nitrogen and oxygen atoms in total. The van der Waals surface area contributed by atoms with Crippen molar-refractivity contribution in [2.45, 2.75) is 13.0 Å². The zero-order valence-corrected chi connectivity index (χ0v) is 12.2. The fourth-order valence-corrected chi connectivity index (χ4v) is 2.03. The van der Waals surface area contributed by atoms with E-state index in [1.807, 2.05) is 6.07 Å². The van der Waals surface area contributed by atoms with Crippen LogP contribution in [0.1, 0.15) is 34.5 Å². The Kier molecular flexibility index (Phi) is 4.73. The molecule has 22 heavy (non-hydrogen) atoms. The number of ether oxygens (including phenoxy) is 1. The molecule has 0 amide bonds. The van der Waals surface area contributed by atoms with Crippen LogP contribution in [0.15, 0.2) is 61.2 Å². The molecule has 0 saturated carbocycles. The standard InChI is InChI=1S/C18H16O4/c1-3-17(20)22-12(2)14-9-10-15(16(19)11-14)18(21)13-7-5-4-6-8-13/h3-12,19H,1H2,2H3. The van der Waals surface area contributed by atoms with Gasteiger partial charge in [0, 0.05) is 11.6 Å². The van der Waals surface area contributed by atoms with Crippen LogP contribution < -0.4 is 0 Å². The topological polar surface area (TPSA) is 63.6 Å². The summed E-state index contributed by atoms with van der Waals surface area (Å²) in [6.45, 7) is 5.00. The van der Waals surface area contributed by atoms with Gasteiger partial charge in [-0.15, -0.1) is 0 Å². The first-order chi connectivity index (χ1) is 10.5. The number of carbonyl (C=O) groups excluding carboxylic acids is 2. The molecule has 2 aromatic carbocycles. The number of ketones is 1. The molecule has 0 aliphatic carbocycles. The summed E-state index contributed by atoms with van der Waals surface area (Å²) in [5.41, 5.74) is 1.30. The molecule has 0 aromatic heterocycles. The van der Waals surface area contributed by atoms with Crippen LogP contribution in [0.5, 0.6) is 5.75 Å². The predicted octanol–water partition coefficient (Wildman–Crippen LogP) is 3.41. The molecule has 0 fully saturated rings. The first kappa shape index (κ1) is 15.5. The Balaban J connectivity index is 2.25. The van der Waals surface area contributed by atoms with Crippen molar-refractivity contribution in [1.82, 2.24) is 0 Å². The highest BCUT2D eigenvalue weighted by atomic mass is 16.5. The van der Waals surface area contributed by atoms with Crippen molar-refractivity contribution in [2.24, 2.45) is 0 Å². The van der Waals surface area contributed by atoms with Gasteiger partial charge in [-0.1, -0.05) is 43.0 Å². The van der Waals surface area contributed by atoms with Crippen LogP contribution in [-0.2, 0) is 9.53 Å². The SMILES string of the molecule is C=CC(=O)OC(C)c1ccc(C(=O)c2ccccc2)c(O)c1. The first-order valence-corrected chi connectivity index (χ1v) is 6.78. The summed E-state index contributed by atoms with van der Waals surface area (Å²) >= 11 is 0. The molecule has 1 unspecified atom stereocenters. The average molecular weight is 296 g/mol. The fraction of sp³-hybridized carbons (Fsp3) is 0.111. The Morgan fingerprint density at radius 2 is 1.86 bits per heavy atom. The van der Waals surface area contributed by atoms with Crippen LogP contribution in [0.2, 0.25) is 0 Å². The summed E-state index contributed by atoms with van der Waals surface area (Å²) in [6, 6.07) is 13.3. The summed E-state index contributed by atoms with van der Waals surface area (Å²) < 4.78 is 5.07. The van der Waals surface area contributed by atoms with Crippen molar-refractivity contribution in [3.05, 3.63) is 77.9 Å². The van der Waals surface area contributed by atoms with Crippen LogP contribution in [0, 0.1) is 0 Å². The van der Waals surface area contributed by atoms with Gasteiger partial charge in [0.2, 0.25) is 0 Å². The Morgan fingerprint density at radius 1 is 1.18 bits per heavy atom. The van der Waals surface area contributed by atoms with Gasteiger partial charge in [-0.3, -0.25) is 4.79 Å². The highest BCUT2D eigenvalue weighted by Gasteiger charge is 2.16. The second kappa shape index (κ2) is 6.72. The van der Waals surface area contributed by atoms with Gasteiger partial charge in [0.15, 0.2) is 5.78 Å². The van der Waals surface area contributed by atoms with Gasteiger partial charge in [0.25, 0.3) is 0 Å². The van der Waals surface area contributed by atoms with E-state index in [0.29, 0.717) is 11.1 Å². The van der Waals surface area contributed by atoms with Gasteiger partial charge in [-0.25, -0.2) is 4.79 Å². The number of hydrogen-bond donors (Lipinski definition) is 1. The zero-order valence-electron chi connectivity index (χ0n) is 12.2. The minimum Gasteiger partial charge on any atom is -0.507 e. The highest BCUT2D eigenvalue weighted by Crippen LogP contribution is 2.26. The van der Waals surface area contributed by atoms with Crippen LogP contribution in [-0.4, -0.2) is 16.9 Å². The minimum atomic E-state index is -0.545. The maximum atomic E-state index is 12.3. The number of hydrogen-bond acceptors (Lipinski definition) is 4. The van der Waals surface area contributed by atoms with Crippen LogP contribution in [0.4, 0.5) is 0 Å². The van der Waals surface area contributed by atoms with Gasteiger partial charge < -0.3 is 9.84 Å². The largest absolute Gasteiger partial charge is 0.507 e. The highest BCUT2D eigenvalue weighted by molar-refractivity contribution is 6.10. The molecule has 0 aliphatic rings. The summed E-state index contributed by atoms with van der Waals surface area (Å²) in [6.07, 6.45) is 0.529. The molecule has 1 N–H and O–H groups in total. The van der Waals surface area contributed by atoms with E-state index in [0.717, 1.165) is 6.08 Å². The quantitative estimate of drug-likeness (QED) is 0.521. The van der Waals surface area contributed by atoms with Gasteiger partial charge in [-0.2, -0.15) is 0 Å². The predicted molar refractivity (Wildman–Crippen MR) is 82.7 cm³/mol. The molecule has 0 aliphatic heterocycles.